The van der Waals surface area contributed by atoms with Crippen molar-refractivity contribution in [3.63, 3.8) is 0 Å². The highest BCUT2D eigenvalue weighted by atomic mass is 16.3. The minimum atomic E-state index is -0.410. The summed E-state index contributed by atoms with van der Waals surface area (Å²) in [5.41, 5.74) is 0.0638. The molecule has 0 heterocycles. The SMILES string of the molecule is CCNC1CCC(C)(C)CC1CN(C)CC1(O)CCCC1. The first-order valence-corrected chi connectivity index (χ1v) is 8.98. The van der Waals surface area contributed by atoms with Gasteiger partial charge in [0.1, 0.15) is 0 Å². The minimum absolute atomic E-state index is 0.410. The molecule has 0 amide bonds. The standard InChI is InChI=1S/C18H36N2O/c1-5-19-16-8-11-17(2,3)12-15(16)13-20(4)14-18(21)9-6-7-10-18/h15-16,19,21H,5-14H2,1-4H3. The summed E-state index contributed by atoms with van der Waals surface area (Å²) in [5, 5.41) is 14.3. The Labute approximate surface area is 131 Å². The van der Waals surface area contributed by atoms with Gasteiger partial charge in [0.25, 0.3) is 0 Å². The molecule has 0 radical (unpaired) electrons. The van der Waals surface area contributed by atoms with Crippen molar-refractivity contribution >= 4 is 0 Å². The lowest BCUT2D eigenvalue weighted by Crippen LogP contribution is -2.49. The summed E-state index contributed by atoms with van der Waals surface area (Å²) in [6.07, 6.45) is 8.29. The smallest absolute Gasteiger partial charge is 0.0774 e. The van der Waals surface area contributed by atoms with Crippen molar-refractivity contribution in [2.45, 2.75) is 77.4 Å². The van der Waals surface area contributed by atoms with Crippen molar-refractivity contribution in [1.29, 1.82) is 0 Å². The third kappa shape index (κ3) is 4.94. The van der Waals surface area contributed by atoms with Crippen LogP contribution < -0.4 is 5.32 Å². The Balaban J connectivity index is 1.90. The quantitative estimate of drug-likeness (QED) is 0.791. The van der Waals surface area contributed by atoms with Crippen molar-refractivity contribution in [3.8, 4) is 0 Å². The van der Waals surface area contributed by atoms with E-state index in [-0.39, 0.29) is 0 Å². The van der Waals surface area contributed by atoms with Crippen LogP contribution in [-0.4, -0.2) is 48.3 Å². The van der Waals surface area contributed by atoms with E-state index in [1.807, 2.05) is 0 Å². The first-order chi connectivity index (χ1) is 9.84. The van der Waals surface area contributed by atoms with E-state index < -0.39 is 5.60 Å². The van der Waals surface area contributed by atoms with E-state index in [1.165, 1.54) is 32.1 Å². The summed E-state index contributed by atoms with van der Waals surface area (Å²) < 4.78 is 0. The average Bonchev–Trinajstić information content (AvgIpc) is 2.78. The zero-order valence-corrected chi connectivity index (χ0v) is 14.6. The molecule has 0 aliphatic heterocycles. The fourth-order valence-electron chi connectivity index (χ4n) is 4.62. The highest BCUT2D eigenvalue weighted by Crippen LogP contribution is 2.39. The molecule has 2 atom stereocenters. The van der Waals surface area contributed by atoms with E-state index in [2.05, 4.69) is 38.0 Å². The number of nitrogens with one attached hydrogen (secondary N) is 1. The Morgan fingerprint density at radius 1 is 1.19 bits per heavy atom. The summed E-state index contributed by atoms with van der Waals surface area (Å²) in [6, 6.07) is 0.656. The van der Waals surface area contributed by atoms with E-state index in [4.69, 9.17) is 0 Å². The Hall–Kier alpha value is -0.120. The minimum Gasteiger partial charge on any atom is -0.389 e. The Morgan fingerprint density at radius 3 is 2.48 bits per heavy atom. The molecular formula is C18H36N2O. The van der Waals surface area contributed by atoms with Crippen LogP contribution in [0.4, 0.5) is 0 Å². The van der Waals surface area contributed by atoms with E-state index >= 15 is 0 Å². The predicted octanol–water partition coefficient (Wildman–Crippen LogP) is 3.03. The lowest BCUT2D eigenvalue weighted by atomic mass is 9.69. The molecule has 2 rings (SSSR count). The maximum Gasteiger partial charge on any atom is 0.0774 e. The molecule has 3 heteroatoms. The zero-order valence-electron chi connectivity index (χ0n) is 14.6. The molecule has 0 aromatic carbocycles. The summed E-state index contributed by atoms with van der Waals surface area (Å²) in [5.74, 6) is 0.712. The topological polar surface area (TPSA) is 35.5 Å². The van der Waals surface area contributed by atoms with Gasteiger partial charge in [0, 0.05) is 19.1 Å². The van der Waals surface area contributed by atoms with Crippen LogP contribution in [0.2, 0.25) is 0 Å². The largest absolute Gasteiger partial charge is 0.389 e. The van der Waals surface area contributed by atoms with E-state index in [0.29, 0.717) is 17.4 Å². The van der Waals surface area contributed by atoms with Gasteiger partial charge in [-0.25, -0.2) is 0 Å². The number of aliphatic hydroxyl groups is 1. The fourth-order valence-corrected chi connectivity index (χ4v) is 4.62. The first kappa shape index (κ1) is 17.2. The van der Waals surface area contributed by atoms with Crippen LogP contribution in [0.25, 0.3) is 0 Å². The lowest BCUT2D eigenvalue weighted by Gasteiger charge is -2.43. The van der Waals surface area contributed by atoms with Gasteiger partial charge in [-0.15, -0.1) is 0 Å². The highest BCUT2D eigenvalue weighted by Gasteiger charge is 2.37. The van der Waals surface area contributed by atoms with Crippen LogP contribution >= 0.6 is 0 Å². The molecule has 2 N–H and O–H groups in total. The molecule has 2 aliphatic rings. The van der Waals surface area contributed by atoms with Crippen molar-refractivity contribution < 1.29 is 5.11 Å². The Bertz CT molecular complexity index is 323. The monoisotopic (exact) mass is 296 g/mol. The molecule has 2 fully saturated rings. The van der Waals surface area contributed by atoms with Gasteiger partial charge < -0.3 is 15.3 Å². The fraction of sp³-hybridized carbons (Fsp3) is 1.00. The second-order valence-corrected chi connectivity index (χ2v) is 8.46. The number of hydrogen-bond acceptors (Lipinski definition) is 3. The van der Waals surface area contributed by atoms with Gasteiger partial charge in [-0.1, -0.05) is 33.6 Å². The zero-order chi connectivity index (χ0) is 15.5. The van der Waals surface area contributed by atoms with Crippen LogP contribution in [0.5, 0.6) is 0 Å². The van der Waals surface area contributed by atoms with Crippen LogP contribution in [-0.2, 0) is 0 Å². The van der Waals surface area contributed by atoms with Gasteiger partial charge >= 0.3 is 0 Å². The summed E-state index contributed by atoms with van der Waals surface area (Å²) in [4.78, 5) is 2.39. The van der Waals surface area contributed by atoms with Crippen molar-refractivity contribution in [1.82, 2.24) is 10.2 Å². The van der Waals surface area contributed by atoms with Crippen LogP contribution in [0.15, 0.2) is 0 Å². The molecule has 3 nitrogen and oxygen atoms in total. The third-order valence-corrected chi connectivity index (χ3v) is 5.63. The van der Waals surface area contributed by atoms with Gasteiger partial charge in [0.2, 0.25) is 0 Å². The molecule has 21 heavy (non-hydrogen) atoms. The van der Waals surface area contributed by atoms with Crippen molar-refractivity contribution in [2.75, 3.05) is 26.7 Å². The maximum absolute atomic E-state index is 10.6. The van der Waals surface area contributed by atoms with Crippen LogP contribution in [0.3, 0.4) is 0 Å². The predicted molar refractivity (Wildman–Crippen MR) is 89.5 cm³/mol. The molecule has 2 saturated carbocycles. The van der Waals surface area contributed by atoms with Crippen molar-refractivity contribution in [2.24, 2.45) is 11.3 Å². The summed E-state index contributed by atoms with van der Waals surface area (Å²) >= 11 is 0. The molecule has 0 aromatic rings. The molecule has 0 spiro atoms. The summed E-state index contributed by atoms with van der Waals surface area (Å²) in [6.45, 7) is 10.1. The van der Waals surface area contributed by atoms with Crippen molar-refractivity contribution in [3.05, 3.63) is 0 Å². The van der Waals surface area contributed by atoms with Gasteiger partial charge in [0.15, 0.2) is 0 Å². The van der Waals surface area contributed by atoms with Gasteiger partial charge in [-0.2, -0.15) is 0 Å². The molecular weight excluding hydrogens is 260 g/mol. The van der Waals surface area contributed by atoms with Gasteiger partial charge in [0.05, 0.1) is 5.60 Å². The molecule has 0 aromatic heterocycles. The first-order valence-electron chi connectivity index (χ1n) is 8.98. The van der Waals surface area contributed by atoms with Crippen LogP contribution in [0.1, 0.15) is 65.7 Å². The van der Waals surface area contributed by atoms with E-state index in [0.717, 1.165) is 32.5 Å². The number of hydrogen-bond donors (Lipinski definition) is 2. The molecule has 124 valence electrons. The van der Waals surface area contributed by atoms with E-state index in [9.17, 15) is 5.11 Å². The van der Waals surface area contributed by atoms with E-state index in [1.54, 1.807) is 0 Å². The maximum atomic E-state index is 10.6. The molecule has 2 unspecified atom stereocenters. The van der Waals surface area contributed by atoms with Gasteiger partial charge in [-0.05, 0) is 57.0 Å². The summed E-state index contributed by atoms with van der Waals surface area (Å²) in [7, 11) is 2.20. The number of nitrogens with zero attached hydrogens (tertiary/aromatic N) is 1. The van der Waals surface area contributed by atoms with Gasteiger partial charge in [-0.3, -0.25) is 0 Å². The molecule has 2 aliphatic carbocycles. The Kier molecular flexibility index (Phi) is 5.72. The highest BCUT2D eigenvalue weighted by molar-refractivity contribution is 4.92. The molecule has 0 saturated heterocycles. The lowest BCUT2D eigenvalue weighted by molar-refractivity contribution is 0.00585. The number of rotatable bonds is 6. The third-order valence-electron chi connectivity index (χ3n) is 5.63. The molecule has 0 bridgehead atoms. The number of likely N-dealkylation sites (N-methyl/N-ethyl adjacent to an activating group) is 1. The Morgan fingerprint density at radius 2 is 1.86 bits per heavy atom. The normalized spacial score (nSPS) is 31.7. The average molecular weight is 296 g/mol. The van der Waals surface area contributed by atoms with Crippen LogP contribution in [0, 0.1) is 11.3 Å². The second kappa shape index (κ2) is 6.97. The second-order valence-electron chi connectivity index (χ2n) is 8.46.